The van der Waals surface area contributed by atoms with Gasteiger partial charge < -0.3 is 4.74 Å². The number of thioether (sulfide) groups is 1. The molecule has 0 saturated carbocycles. The monoisotopic (exact) mass is 460 g/mol. The Morgan fingerprint density at radius 1 is 0.969 bits per heavy atom. The molecule has 7 heteroatoms. The Labute approximate surface area is 194 Å². The molecule has 0 atom stereocenters. The minimum atomic E-state index is -0.369. The molecule has 0 radical (unpaired) electrons. The lowest BCUT2D eigenvalue weighted by Gasteiger charge is -2.13. The molecule has 1 heterocycles. The van der Waals surface area contributed by atoms with Crippen LogP contribution in [0.3, 0.4) is 0 Å². The predicted molar refractivity (Wildman–Crippen MR) is 125 cm³/mol. The van der Waals surface area contributed by atoms with Crippen LogP contribution in [-0.4, -0.2) is 16.0 Å². The molecule has 0 aromatic heterocycles. The summed E-state index contributed by atoms with van der Waals surface area (Å²) in [5, 5.41) is 9.54. The zero-order valence-corrected chi connectivity index (χ0v) is 18.4. The smallest absolute Gasteiger partial charge is 0.293 e. The van der Waals surface area contributed by atoms with Crippen LogP contribution >= 0.6 is 23.4 Å². The normalized spacial score (nSPS) is 14.6. The average Bonchev–Trinajstić information content (AvgIpc) is 3.07. The van der Waals surface area contributed by atoms with Gasteiger partial charge in [-0.05, 0) is 53.2 Å². The maximum atomic E-state index is 12.8. The van der Waals surface area contributed by atoms with Crippen LogP contribution in [0.25, 0.3) is 6.08 Å². The summed E-state index contributed by atoms with van der Waals surface area (Å²) in [6.07, 6.45) is 1.68. The Morgan fingerprint density at radius 2 is 1.66 bits per heavy atom. The SMILES string of the molecule is N#Cc1ccccc1CN1C(=O)S/C(=C/c2ccc(OCc3ccccc3Cl)cc2)C1=O. The van der Waals surface area contributed by atoms with Crippen LogP contribution < -0.4 is 4.74 Å². The molecule has 0 unspecified atom stereocenters. The Bertz CT molecular complexity index is 1250. The molecule has 0 N–H and O–H groups in total. The summed E-state index contributed by atoms with van der Waals surface area (Å²) in [6, 6.07) is 23.8. The number of nitriles is 1. The second-order valence-corrected chi connectivity index (χ2v) is 8.39. The van der Waals surface area contributed by atoms with Crippen molar-refractivity contribution in [1.82, 2.24) is 4.90 Å². The fraction of sp³-hybridized carbons (Fsp3) is 0.0800. The van der Waals surface area contributed by atoms with Gasteiger partial charge in [0.25, 0.3) is 11.1 Å². The van der Waals surface area contributed by atoms with Gasteiger partial charge in [-0.15, -0.1) is 0 Å². The summed E-state index contributed by atoms with van der Waals surface area (Å²) in [5.74, 6) is 0.301. The molecule has 32 heavy (non-hydrogen) atoms. The third-order valence-corrected chi connectivity index (χ3v) is 6.15. The van der Waals surface area contributed by atoms with E-state index < -0.39 is 0 Å². The highest BCUT2D eigenvalue weighted by Crippen LogP contribution is 2.34. The third kappa shape index (κ3) is 4.86. The maximum Gasteiger partial charge on any atom is 0.293 e. The highest BCUT2D eigenvalue weighted by atomic mass is 35.5. The summed E-state index contributed by atoms with van der Waals surface area (Å²) in [4.78, 5) is 26.7. The Morgan fingerprint density at radius 3 is 2.38 bits per heavy atom. The fourth-order valence-corrected chi connectivity index (χ4v) is 4.19. The number of carbonyl (C=O) groups excluding carboxylic acids is 2. The molecule has 3 aromatic rings. The standard InChI is InChI=1S/C25H17ClN2O3S/c26-22-8-4-3-7-20(22)16-31-21-11-9-17(10-12-21)13-23-24(29)28(25(30)32-23)15-19-6-2-1-5-18(19)14-27/h1-13H,15-16H2/b23-13+. The van der Waals surface area contributed by atoms with Gasteiger partial charge in [0.2, 0.25) is 0 Å². The molecule has 0 aliphatic carbocycles. The van der Waals surface area contributed by atoms with Crippen molar-refractivity contribution in [3.05, 3.63) is 105 Å². The Balaban J connectivity index is 1.43. The van der Waals surface area contributed by atoms with Gasteiger partial charge in [-0.3, -0.25) is 14.5 Å². The molecular weight excluding hydrogens is 444 g/mol. The highest BCUT2D eigenvalue weighted by Gasteiger charge is 2.35. The molecule has 1 aliphatic heterocycles. The molecule has 1 saturated heterocycles. The van der Waals surface area contributed by atoms with Gasteiger partial charge in [-0.1, -0.05) is 60.1 Å². The molecule has 3 aromatic carbocycles. The predicted octanol–water partition coefficient (Wildman–Crippen LogP) is 6.03. The number of hydrogen-bond donors (Lipinski definition) is 0. The van der Waals surface area contributed by atoms with Crippen molar-refractivity contribution in [2.45, 2.75) is 13.2 Å². The molecule has 1 aliphatic rings. The summed E-state index contributed by atoms with van der Waals surface area (Å²) >= 11 is 7.04. The van der Waals surface area contributed by atoms with Crippen LogP contribution in [-0.2, 0) is 17.9 Å². The number of benzene rings is 3. The summed E-state index contributed by atoms with van der Waals surface area (Å²) < 4.78 is 5.78. The van der Waals surface area contributed by atoms with E-state index in [9.17, 15) is 14.9 Å². The van der Waals surface area contributed by atoms with Crippen molar-refractivity contribution in [3.8, 4) is 11.8 Å². The van der Waals surface area contributed by atoms with Gasteiger partial charge in [0.05, 0.1) is 23.1 Å². The first kappa shape index (κ1) is 21.7. The van der Waals surface area contributed by atoms with Crippen molar-refractivity contribution < 1.29 is 14.3 Å². The quantitative estimate of drug-likeness (QED) is 0.420. The van der Waals surface area contributed by atoms with Crippen molar-refractivity contribution in [2.24, 2.45) is 0 Å². The first-order valence-electron chi connectivity index (χ1n) is 9.75. The lowest BCUT2D eigenvalue weighted by atomic mass is 10.1. The summed E-state index contributed by atoms with van der Waals surface area (Å²) in [5.41, 5.74) is 2.75. The molecular formula is C25H17ClN2O3S. The van der Waals surface area contributed by atoms with Gasteiger partial charge in [0.1, 0.15) is 12.4 Å². The zero-order chi connectivity index (χ0) is 22.5. The number of rotatable bonds is 6. The molecule has 0 bridgehead atoms. The maximum absolute atomic E-state index is 12.8. The number of ether oxygens (including phenoxy) is 1. The minimum absolute atomic E-state index is 0.0700. The average molecular weight is 461 g/mol. The largest absolute Gasteiger partial charge is 0.489 e. The van der Waals surface area contributed by atoms with Gasteiger partial charge in [0, 0.05) is 10.6 Å². The van der Waals surface area contributed by atoms with Crippen LogP contribution in [0.2, 0.25) is 5.02 Å². The van der Waals surface area contributed by atoms with Crippen LogP contribution in [0, 0.1) is 11.3 Å². The molecule has 0 spiro atoms. The van der Waals surface area contributed by atoms with E-state index in [0.717, 1.165) is 27.8 Å². The van der Waals surface area contributed by atoms with Crippen LogP contribution in [0.5, 0.6) is 5.75 Å². The highest BCUT2D eigenvalue weighted by molar-refractivity contribution is 8.18. The van der Waals surface area contributed by atoms with E-state index in [1.807, 2.05) is 36.4 Å². The molecule has 158 valence electrons. The lowest BCUT2D eigenvalue weighted by molar-refractivity contribution is -0.123. The van der Waals surface area contributed by atoms with Crippen LogP contribution in [0.15, 0.2) is 77.7 Å². The Hall–Kier alpha value is -3.53. The number of carbonyl (C=O) groups is 2. The summed E-state index contributed by atoms with van der Waals surface area (Å²) in [7, 11) is 0. The molecule has 2 amide bonds. The third-order valence-electron chi connectivity index (χ3n) is 4.87. The van der Waals surface area contributed by atoms with Gasteiger partial charge in [-0.25, -0.2) is 0 Å². The zero-order valence-electron chi connectivity index (χ0n) is 16.8. The van der Waals surface area contributed by atoms with Crippen LogP contribution in [0.1, 0.15) is 22.3 Å². The van der Waals surface area contributed by atoms with E-state index in [2.05, 4.69) is 6.07 Å². The second kappa shape index (κ2) is 9.73. The second-order valence-electron chi connectivity index (χ2n) is 6.99. The lowest BCUT2D eigenvalue weighted by Crippen LogP contribution is -2.27. The number of amides is 2. The fourth-order valence-electron chi connectivity index (χ4n) is 3.16. The topological polar surface area (TPSA) is 70.4 Å². The van der Waals surface area contributed by atoms with Crippen molar-refractivity contribution >= 4 is 40.6 Å². The van der Waals surface area contributed by atoms with Gasteiger partial charge in [-0.2, -0.15) is 5.26 Å². The summed E-state index contributed by atoms with van der Waals surface area (Å²) in [6.45, 7) is 0.419. The van der Waals surface area contributed by atoms with E-state index in [1.54, 1.807) is 42.5 Å². The number of hydrogen-bond acceptors (Lipinski definition) is 5. The van der Waals surface area contributed by atoms with Crippen molar-refractivity contribution in [2.75, 3.05) is 0 Å². The number of nitrogens with zero attached hydrogens (tertiary/aromatic N) is 2. The number of halogens is 1. The first-order chi connectivity index (χ1) is 15.5. The van der Waals surface area contributed by atoms with E-state index >= 15 is 0 Å². The first-order valence-corrected chi connectivity index (χ1v) is 10.9. The number of imide groups is 1. The van der Waals surface area contributed by atoms with Crippen LogP contribution in [0.4, 0.5) is 4.79 Å². The molecule has 4 rings (SSSR count). The van der Waals surface area contributed by atoms with E-state index in [4.69, 9.17) is 16.3 Å². The minimum Gasteiger partial charge on any atom is -0.489 e. The van der Waals surface area contributed by atoms with Crippen molar-refractivity contribution in [3.63, 3.8) is 0 Å². The Kier molecular flexibility index (Phi) is 6.60. The van der Waals surface area contributed by atoms with E-state index in [0.29, 0.717) is 33.4 Å². The molecule has 1 fully saturated rings. The van der Waals surface area contributed by atoms with Gasteiger partial charge in [0.15, 0.2) is 0 Å². The molecule has 5 nitrogen and oxygen atoms in total. The van der Waals surface area contributed by atoms with Crippen molar-refractivity contribution in [1.29, 1.82) is 5.26 Å². The van der Waals surface area contributed by atoms with E-state index in [1.165, 1.54) is 0 Å². The van der Waals surface area contributed by atoms with E-state index in [-0.39, 0.29) is 17.7 Å². The van der Waals surface area contributed by atoms with Gasteiger partial charge >= 0.3 is 0 Å².